The molecule has 1 aliphatic heterocycles. The van der Waals surface area contributed by atoms with Gasteiger partial charge >= 0.3 is 5.97 Å². The second kappa shape index (κ2) is 3.81. The van der Waals surface area contributed by atoms with Crippen LogP contribution < -0.4 is 4.74 Å². The zero-order chi connectivity index (χ0) is 10.8. The molecule has 4 nitrogen and oxygen atoms in total. The molecule has 15 heavy (non-hydrogen) atoms. The molecule has 1 atom stereocenters. The van der Waals surface area contributed by atoms with Crippen molar-refractivity contribution < 1.29 is 19.4 Å². The summed E-state index contributed by atoms with van der Waals surface area (Å²) in [7, 11) is 1.36. The monoisotopic (exact) mass is 208 g/mol. The SMILES string of the molecule is COC(=O)C1COc2c(O)cccc2C1. The number of methoxy groups -OCH3 is 1. The molecular weight excluding hydrogens is 196 g/mol. The van der Waals surface area contributed by atoms with Gasteiger partial charge in [0.05, 0.1) is 13.0 Å². The summed E-state index contributed by atoms with van der Waals surface area (Å²) in [6.07, 6.45) is 0.552. The standard InChI is InChI=1S/C11H12O4/c1-14-11(13)8-5-7-3-2-4-9(12)10(7)15-6-8/h2-4,8,12H,5-6H2,1H3. The maximum absolute atomic E-state index is 11.3. The van der Waals surface area contributed by atoms with Crippen LogP contribution in [0.1, 0.15) is 5.56 Å². The van der Waals surface area contributed by atoms with E-state index in [1.54, 1.807) is 12.1 Å². The third-order valence-electron chi connectivity index (χ3n) is 2.51. The molecule has 1 aromatic carbocycles. The van der Waals surface area contributed by atoms with Crippen LogP contribution in [0.15, 0.2) is 18.2 Å². The fourth-order valence-corrected chi connectivity index (χ4v) is 1.73. The van der Waals surface area contributed by atoms with E-state index < -0.39 is 0 Å². The van der Waals surface area contributed by atoms with Crippen LogP contribution >= 0.6 is 0 Å². The average Bonchev–Trinajstić information content (AvgIpc) is 2.28. The molecule has 0 fully saturated rings. The van der Waals surface area contributed by atoms with Gasteiger partial charge in [-0.2, -0.15) is 0 Å². The molecule has 0 saturated carbocycles. The van der Waals surface area contributed by atoms with E-state index in [1.165, 1.54) is 7.11 Å². The Labute approximate surface area is 87.4 Å². The topological polar surface area (TPSA) is 55.8 Å². The van der Waals surface area contributed by atoms with E-state index in [0.717, 1.165) is 5.56 Å². The molecule has 1 heterocycles. The number of carbonyl (C=O) groups excluding carboxylic acids is 1. The number of phenols is 1. The number of ether oxygens (including phenoxy) is 2. The molecule has 2 rings (SSSR count). The van der Waals surface area contributed by atoms with Gasteiger partial charge in [0.2, 0.25) is 0 Å². The lowest BCUT2D eigenvalue weighted by atomic mass is 9.96. The highest BCUT2D eigenvalue weighted by Crippen LogP contribution is 2.35. The Morgan fingerprint density at radius 3 is 3.13 bits per heavy atom. The Kier molecular flexibility index (Phi) is 2.49. The molecule has 0 amide bonds. The van der Waals surface area contributed by atoms with Gasteiger partial charge in [-0.05, 0) is 18.1 Å². The average molecular weight is 208 g/mol. The zero-order valence-electron chi connectivity index (χ0n) is 8.40. The van der Waals surface area contributed by atoms with Crippen molar-refractivity contribution in [2.75, 3.05) is 13.7 Å². The first-order valence-electron chi connectivity index (χ1n) is 4.74. The maximum atomic E-state index is 11.3. The Hall–Kier alpha value is -1.71. The molecule has 1 aromatic rings. The van der Waals surface area contributed by atoms with Gasteiger partial charge in [-0.25, -0.2) is 0 Å². The number of esters is 1. The van der Waals surface area contributed by atoms with Crippen LogP contribution in [0.3, 0.4) is 0 Å². The van der Waals surface area contributed by atoms with Crippen molar-refractivity contribution in [3.63, 3.8) is 0 Å². The highest BCUT2D eigenvalue weighted by atomic mass is 16.5. The van der Waals surface area contributed by atoms with Gasteiger partial charge in [0.15, 0.2) is 11.5 Å². The molecule has 0 spiro atoms. The summed E-state index contributed by atoms with van der Waals surface area (Å²) in [5.41, 5.74) is 0.844. The van der Waals surface area contributed by atoms with Gasteiger partial charge in [0.25, 0.3) is 0 Å². The number of benzene rings is 1. The summed E-state index contributed by atoms with van der Waals surface area (Å²) in [5, 5.41) is 9.50. The molecule has 0 saturated heterocycles. The van der Waals surface area contributed by atoms with Crippen molar-refractivity contribution >= 4 is 5.97 Å². The number of rotatable bonds is 1. The van der Waals surface area contributed by atoms with Gasteiger partial charge in [0, 0.05) is 0 Å². The minimum Gasteiger partial charge on any atom is -0.504 e. The highest BCUT2D eigenvalue weighted by Gasteiger charge is 2.27. The number of aromatic hydroxyl groups is 1. The minimum absolute atomic E-state index is 0.121. The van der Waals surface area contributed by atoms with E-state index in [0.29, 0.717) is 12.2 Å². The number of hydrogen-bond acceptors (Lipinski definition) is 4. The largest absolute Gasteiger partial charge is 0.504 e. The lowest BCUT2D eigenvalue weighted by Crippen LogP contribution is -2.29. The summed E-state index contributed by atoms with van der Waals surface area (Å²) in [4.78, 5) is 11.3. The van der Waals surface area contributed by atoms with Crippen molar-refractivity contribution in [3.05, 3.63) is 23.8 Å². The van der Waals surface area contributed by atoms with E-state index in [9.17, 15) is 9.90 Å². The number of hydrogen-bond donors (Lipinski definition) is 1. The summed E-state index contributed by atoms with van der Waals surface area (Å²) in [6.45, 7) is 0.261. The van der Waals surface area contributed by atoms with Gasteiger partial charge in [-0.1, -0.05) is 12.1 Å². The molecule has 0 aliphatic carbocycles. The molecule has 1 N–H and O–H groups in total. The summed E-state index contributed by atoms with van der Waals surface area (Å²) in [6, 6.07) is 5.14. The van der Waals surface area contributed by atoms with Crippen LogP contribution in [0, 0.1) is 5.92 Å². The van der Waals surface area contributed by atoms with Crippen molar-refractivity contribution in [3.8, 4) is 11.5 Å². The number of para-hydroxylation sites is 1. The Morgan fingerprint density at radius 2 is 2.40 bits per heavy atom. The summed E-state index contributed by atoms with van der Waals surface area (Å²) in [5.74, 6) is 0.0572. The molecule has 0 bridgehead atoms. The van der Waals surface area contributed by atoms with Crippen LogP contribution in [-0.4, -0.2) is 24.8 Å². The quantitative estimate of drug-likeness (QED) is 0.702. The van der Waals surface area contributed by atoms with E-state index >= 15 is 0 Å². The highest BCUT2D eigenvalue weighted by molar-refractivity contribution is 5.73. The van der Waals surface area contributed by atoms with E-state index in [4.69, 9.17) is 4.74 Å². The summed E-state index contributed by atoms with van der Waals surface area (Å²) < 4.78 is 9.99. The van der Waals surface area contributed by atoms with Gasteiger partial charge < -0.3 is 14.6 Å². The van der Waals surface area contributed by atoms with Crippen LogP contribution in [0.4, 0.5) is 0 Å². The smallest absolute Gasteiger partial charge is 0.312 e. The third-order valence-corrected chi connectivity index (χ3v) is 2.51. The first-order chi connectivity index (χ1) is 7.22. The van der Waals surface area contributed by atoms with Crippen molar-refractivity contribution in [1.29, 1.82) is 0 Å². The molecule has 0 aromatic heterocycles. The van der Waals surface area contributed by atoms with E-state index in [2.05, 4.69) is 4.74 Å². The normalized spacial score (nSPS) is 18.9. The van der Waals surface area contributed by atoms with Gasteiger partial charge in [-0.3, -0.25) is 4.79 Å². The maximum Gasteiger partial charge on any atom is 0.312 e. The molecule has 0 radical (unpaired) electrons. The number of carbonyl (C=O) groups is 1. The second-order valence-electron chi connectivity index (χ2n) is 3.50. The van der Waals surface area contributed by atoms with Crippen molar-refractivity contribution in [1.82, 2.24) is 0 Å². The lowest BCUT2D eigenvalue weighted by Gasteiger charge is -2.23. The Bertz CT molecular complexity index is 386. The second-order valence-corrected chi connectivity index (χ2v) is 3.50. The number of fused-ring (bicyclic) bond motifs is 1. The predicted octanol–water partition coefficient (Wildman–Crippen LogP) is 1.12. The molecule has 1 unspecified atom stereocenters. The first-order valence-corrected chi connectivity index (χ1v) is 4.74. The van der Waals surface area contributed by atoms with Crippen LogP contribution in [0.5, 0.6) is 11.5 Å². The van der Waals surface area contributed by atoms with Gasteiger partial charge in [0.1, 0.15) is 6.61 Å². The molecule has 1 aliphatic rings. The fraction of sp³-hybridized carbons (Fsp3) is 0.364. The fourth-order valence-electron chi connectivity index (χ4n) is 1.73. The summed E-state index contributed by atoms with van der Waals surface area (Å²) >= 11 is 0. The minimum atomic E-state index is -0.274. The Morgan fingerprint density at radius 1 is 1.60 bits per heavy atom. The van der Waals surface area contributed by atoms with Crippen molar-refractivity contribution in [2.24, 2.45) is 5.92 Å². The van der Waals surface area contributed by atoms with Crippen LogP contribution in [-0.2, 0) is 16.0 Å². The lowest BCUT2D eigenvalue weighted by molar-refractivity contribution is -0.146. The van der Waals surface area contributed by atoms with E-state index in [-0.39, 0.29) is 24.2 Å². The Balaban J connectivity index is 2.24. The van der Waals surface area contributed by atoms with Crippen molar-refractivity contribution in [2.45, 2.75) is 6.42 Å². The van der Waals surface area contributed by atoms with E-state index in [1.807, 2.05) is 6.07 Å². The molecule has 80 valence electrons. The van der Waals surface area contributed by atoms with Crippen LogP contribution in [0.25, 0.3) is 0 Å². The van der Waals surface area contributed by atoms with Crippen LogP contribution in [0.2, 0.25) is 0 Å². The first kappa shape index (κ1) is 9.83. The van der Waals surface area contributed by atoms with Gasteiger partial charge in [-0.15, -0.1) is 0 Å². The zero-order valence-corrected chi connectivity index (χ0v) is 8.40. The molecule has 4 heteroatoms. The number of phenolic OH excluding ortho intramolecular Hbond substituents is 1. The molecular formula is C11H12O4. The predicted molar refractivity (Wildman–Crippen MR) is 52.8 cm³/mol. The third kappa shape index (κ3) is 1.75.